The monoisotopic (exact) mass is 272 g/mol. The van der Waals surface area contributed by atoms with Crippen LogP contribution < -0.4 is 10.6 Å². The molecule has 0 aliphatic carbocycles. The van der Waals surface area contributed by atoms with Crippen molar-refractivity contribution in [3.63, 3.8) is 0 Å². The van der Waals surface area contributed by atoms with E-state index >= 15 is 0 Å². The lowest BCUT2D eigenvalue weighted by molar-refractivity contribution is -0.123. The fourth-order valence-corrected chi connectivity index (χ4v) is 2.36. The molecule has 6 nitrogen and oxygen atoms in total. The van der Waals surface area contributed by atoms with Crippen LogP contribution in [0.1, 0.15) is 17.0 Å². The van der Waals surface area contributed by atoms with Crippen molar-refractivity contribution in [3.05, 3.63) is 47.6 Å². The van der Waals surface area contributed by atoms with E-state index in [0.29, 0.717) is 18.9 Å². The third-order valence-corrected chi connectivity index (χ3v) is 3.44. The van der Waals surface area contributed by atoms with Crippen molar-refractivity contribution in [1.82, 2.24) is 20.8 Å². The summed E-state index contributed by atoms with van der Waals surface area (Å²) in [5.74, 6) is 0.547. The van der Waals surface area contributed by atoms with Gasteiger partial charge in [-0.05, 0) is 17.5 Å². The molecular formula is C14H16N4O2. The summed E-state index contributed by atoms with van der Waals surface area (Å²) < 4.78 is 4.88. The first kappa shape index (κ1) is 12.8. The van der Waals surface area contributed by atoms with Crippen molar-refractivity contribution < 1.29 is 9.32 Å². The molecule has 0 saturated carbocycles. The molecule has 2 aromatic rings. The van der Waals surface area contributed by atoms with Gasteiger partial charge in [-0.25, -0.2) is 0 Å². The van der Waals surface area contributed by atoms with Crippen LogP contribution in [0.4, 0.5) is 0 Å². The molecule has 0 spiro atoms. The number of carbonyl (C=O) groups excluding carboxylic acids is 1. The van der Waals surface area contributed by atoms with Crippen LogP contribution in [0, 0.1) is 0 Å². The van der Waals surface area contributed by atoms with Crippen LogP contribution >= 0.6 is 0 Å². The lowest BCUT2D eigenvalue weighted by Crippen LogP contribution is -2.48. The lowest BCUT2D eigenvalue weighted by Gasteiger charge is -2.25. The topological polar surface area (TPSA) is 80.1 Å². The van der Waals surface area contributed by atoms with Gasteiger partial charge in [-0.1, -0.05) is 29.4 Å². The van der Waals surface area contributed by atoms with Crippen molar-refractivity contribution in [2.75, 3.05) is 6.54 Å². The van der Waals surface area contributed by atoms with Crippen LogP contribution in [0.5, 0.6) is 0 Å². The number of nitrogens with one attached hydrogen (secondary N) is 2. The van der Waals surface area contributed by atoms with Crippen molar-refractivity contribution >= 4 is 5.91 Å². The summed E-state index contributed by atoms with van der Waals surface area (Å²) in [7, 11) is 0. The molecular weight excluding hydrogens is 256 g/mol. The zero-order valence-electron chi connectivity index (χ0n) is 11.0. The molecule has 2 N–H and O–H groups in total. The van der Waals surface area contributed by atoms with E-state index in [1.165, 1.54) is 17.5 Å². The van der Waals surface area contributed by atoms with Gasteiger partial charge in [0.15, 0.2) is 6.33 Å². The van der Waals surface area contributed by atoms with E-state index in [1.807, 2.05) is 12.1 Å². The van der Waals surface area contributed by atoms with E-state index in [9.17, 15) is 4.79 Å². The predicted molar refractivity (Wildman–Crippen MR) is 71.8 cm³/mol. The van der Waals surface area contributed by atoms with E-state index in [4.69, 9.17) is 4.52 Å². The van der Waals surface area contributed by atoms with Gasteiger partial charge >= 0.3 is 0 Å². The van der Waals surface area contributed by atoms with Gasteiger partial charge in [0, 0.05) is 19.5 Å². The zero-order valence-corrected chi connectivity index (χ0v) is 11.0. The Morgan fingerprint density at radius 1 is 1.40 bits per heavy atom. The summed E-state index contributed by atoms with van der Waals surface area (Å²) in [6.07, 6.45) is 2.63. The third-order valence-electron chi connectivity index (χ3n) is 3.44. The number of nitrogens with zero attached hydrogens (tertiary/aromatic N) is 2. The van der Waals surface area contributed by atoms with Crippen LogP contribution in [0.25, 0.3) is 0 Å². The molecule has 1 aliphatic heterocycles. The highest BCUT2D eigenvalue weighted by molar-refractivity contribution is 5.82. The van der Waals surface area contributed by atoms with Gasteiger partial charge in [0.2, 0.25) is 11.8 Å². The Labute approximate surface area is 116 Å². The average Bonchev–Trinajstić information content (AvgIpc) is 3.00. The Bertz CT molecular complexity index is 583. The molecule has 0 bridgehead atoms. The minimum absolute atomic E-state index is 0.0130. The fourth-order valence-electron chi connectivity index (χ4n) is 2.36. The maximum Gasteiger partial charge on any atom is 0.237 e. The number of rotatable bonds is 4. The Morgan fingerprint density at radius 2 is 2.25 bits per heavy atom. The van der Waals surface area contributed by atoms with Gasteiger partial charge in [-0.15, -0.1) is 0 Å². The van der Waals surface area contributed by atoms with Crippen LogP contribution in [0.3, 0.4) is 0 Å². The van der Waals surface area contributed by atoms with E-state index in [2.05, 4.69) is 32.9 Å². The first-order chi connectivity index (χ1) is 9.83. The van der Waals surface area contributed by atoms with E-state index in [-0.39, 0.29) is 11.9 Å². The van der Waals surface area contributed by atoms with Gasteiger partial charge in [-0.2, -0.15) is 4.98 Å². The van der Waals surface area contributed by atoms with Crippen molar-refractivity contribution in [2.24, 2.45) is 0 Å². The second-order valence-electron chi connectivity index (χ2n) is 4.78. The molecule has 20 heavy (non-hydrogen) atoms. The Kier molecular flexibility index (Phi) is 3.73. The molecule has 1 aromatic heterocycles. The molecule has 1 unspecified atom stereocenters. The van der Waals surface area contributed by atoms with Crippen molar-refractivity contribution in [1.29, 1.82) is 0 Å². The maximum absolute atomic E-state index is 12.1. The molecule has 2 heterocycles. The van der Waals surface area contributed by atoms with Gasteiger partial charge in [-0.3, -0.25) is 4.79 Å². The Hall–Kier alpha value is -2.21. The summed E-state index contributed by atoms with van der Waals surface area (Å²) in [6, 6.07) is 8.02. The predicted octanol–water partition coefficient (Wildman–Crippen LogP) is 0.443. The van der Waals surface area contributed by atoms with E-state index in [0.717, 1.165) is 13.0 Å². The van der Waals surface area contributed by atoms with Crippen molar-refractivity contribution in [3.8, 4) is 0 Å². The highest BCUT2D eigenvalue weighted by Gasteiger charge is 2.23. The van der Waals surface area contributed by atoms with Gasteiger partial charge in [0.25, 0.3) is 0 Å². The minimum Gasteiger partial charge on any atom is -0.354 e. The molecule has 0 saturated heterocycles. The number of hydrogen-bond donors (Lipinski definition) is 2. The summed E-state index contributed by atoms with van der Waals surface area (Å²) in [5, 5.41) is 9.67. The van der Waals surface area contributed by atoms with Crippen LogP contribution in [-0.4, -0.2) is 28.6 Å². The standard InChI is InChI=1S/C14H16N4O2/c19-14(15-6-5-13-17-9-18-20-13)12-7-10-3-1-2-4-11(10)8-16-12/h1-4,9,12,16H,5-8H2,(H,15,19). The second kappa shape index (κ2) is 5.83. The number of fused-ring (bicyclic) bond motifs is 1. The number of amides is 1. The van der Waals surface area contributed by atoms with Gasteiger partial charge < -0.3 is 15.2 Å². The molecule has 104 valence electrons. The minimum atomic E-state index is -0.174. The number of aromatic nitrogens is 2. The van der Waals surface area contributed by atoms with Gasteiger partial charge in [0.05, 0.1) is 6.04 Å². The zero-order chi connectivity index (χ0) is 13.8. The summed E-state index contributed by atoms with van der Waals surface area (Å²) in [4.78, 5) is 16.0. The quantitative estimate of drug-likeness (QED) is 0.844. The lowest BCUT2D eigenvalue weighted by atomic mass is 9.95. The largest absolute Gasteiger partial charge is 0.354 e. The SMILES string of the molecule is O=C(NCCc1ncno1)C1Cc2ccccc2CN1. The van der Waals surface area contributed by atoms with Crippen LogP contribution in [-0.2, 0) is 24.2 Å². The van der Waals surface area contributed by atoms with Crippen molar-refractivity contribution in [2.45, 2.75) is 25.4 Å². The molecule has 0 fully saturated rings. The summed E-state index contributed by atoms with van der Waals surface area (Å²) >= 11 is 0. The highest BCUT2D eigenvalue weighted by Crippen LogP contribution is 2.16. The third kappa shape index (κ3) is 2.85. The molecule has 1 amide bonds. The summed E-state index contributed by atoms with van der Waals surface area (Å²) in [6.45, 7) is 1.23. The normalized spacial score (nSPS) is 17.5. The first-order valence-electron chi connectivity index (χ1n) is 6.66. The molecule has 1 aliphatic rings. The molecule has 1 aromatic carbocycles. The molecule has 3 rings (SSSR count). The van der Waals surface area contributed by atoms with Gasteiger partial charge in [0.1, 0.15) is 0 Å². The number of carbonyl (C=O) groups is 1. The van der Waals surface area contributed by atoms with Crippen LogP contribution in [0.2, 0.25) is 0 Å². The van der Waals surface area contributed by atoms with Crippen LogP contribution in [0.15, 0.2) is 35.1 Å². The second-order valence-corrected chi connectivity index (χ2v) is 4.78. The average molecular weight is 272 g/mol. The van der Waals surface area contributed by atoms with E-state index in [1.54, 1.807) is 0 Å². The highest BCUT2D eigenvalue weighted by atomic mass is 16.5. The molecule has 6 heteroatoms. The van der Waals surface area contributed by atoms with E-state index < -0.39 is 0 Å². The molecule has 0 radical (unpaired) electrons. The maximum atomic E-state index is 12.1. The number of hydrogen-bond acceptors (Lipinski definition) is 5. The number of benzene rings is 1. The molecule has 1 atom stereocenters. The summed E-state index contributed by atoms with van der Waals surface area (Å²) in [5.41, 5.74) is 2.51. The first-order valence-corrected chi connectivity index (χ1v) is 6.66. The smallest absolute Gasteiger partial charge is 0.237 e. The Morgan fingerprint density at radius 3 is 3.05 bits per heavy atom. The Balaban J connectivity index is 1.51. The fraction of sp³-hybridized carbons (Fsp3) is 0.357.